The van der Waals surface area contributed by atoms with Crippen LogP contribution in [0.3, 0.4) is 0 Å². The molecule has 99 heavy (non-hydrogen) atoms. The number of carbonyl (C=O) groups excluding carboxylic acids is 7. The Bertz CT molecular complexity index is 4280. The summed E-state index contributed by atoms with van der Waals surface area (Å²) in [4.78, 5) is 155. The number of aliphatic carboxylic acids is 2. The molecule has 0 fully saturated rings. The molecule has 0 saturated carbocycles. The van der Waals surface area contributed by atoms with E-state index in [0.717, 1.165) is 49.5 Å². The number of H-pyrrole nitrogens is 2. The van der Waals surface area contributed by atoms with Crippen molar-refractivity contribution >= 4 is 151 Å². The van der Waals surface area contributed by atoms with E-state index >= 15 is 0 Å². The third kappa shape index (κ3) is 20.4. The zero-order valence-electron chi connectivity index (χ0n) is 55.8. The number of aromatic amines is 2. The number of halogens is 1. The number of aliphatic imine (C=N–C) groups is 1. The molecule has 3 aromatic heterocycles. The Hall–Kier alpha value is -9.39. The number of hydrogen-bond donors (Lipinski definition) is 11. The molecule has 526 valence electrons. The van der Waals surface area contributed by atoms with Crippen molar-refractivity contribution in [3.63, 3.8) is 0 Å². The number of anilines is 3. The van der Waals surface area contributed by atoms with Crippen LogP contribution in [0.5, 0.6) is 5.75 Å². The number of carboxylic acid groups (broad SMARTS) is 2. The highest BCUT2D eigenvalue weighted by atomic mass is 35.5. The minimum absolute atomic E-state index is 0.000686. The first-order chi connectivity index (χ1) is 47.0. The monoisotopic (exact) mass is 1430 g/mol. The second-order valence-corrected chi connectivity index (χ2v) is 33.6. The Morgan fingerprint density at radius 1 is 0.869 bits per heavy atom. The van der Waals surface area contributed by atoms with E-state index < -0.39 is 98.3 Å². The smallest absolute Gasteiger partial charge is 0.307 e. The first-order valence-corrected chi connectivity index (χ1v) is 38.2. The van der Waals surface area contributed by atoms with E-state index in [2.05, 4.69) is 91.1 Å². The number of nitrogens with zero attached hydrogens (tertiary/aromatic N) is 5. The molecular weight excluding hydrogens is 1350 g/mol. The van der Waals surface area contributed by atoms with Gasteiger partial charge in [0.25, 0.3) is 25.7 Å². The normalized spacial score (nSPS) is 14.2. The molecule has 0 bridgehead atoms. The average molecular weight is 1430 g/mol. The van der Waals surface area contributed by atoms with E-state index in [1.54, 1.807) is 35.2 Å². The van der Waals surface area contributed by atoms with Crippen LogP contribution in [0.1, 0.15) is 123 Å². The summed E-state index contributed by atoms with van der Waals surface area (Å²) in [5.74, 6) is -7.91. The highest BCUT2D eigenvalue weighted by Gasteiger charge is 2.41. The Kier molecular flexibility index (Phi) is 25.8. The van der Waals surface area contributed by atoms with Gasteiger partial charge >= 0.3 is 11.9 Å². The van der Waals surface area contributed by atoms with Crippen LogP contribution in [0.15, 0.2) is 94.8 Å². The van der Waals surface area contributed by atoms with Crippen LogP contribution in [0.25, 0.3) is 32.8 Å². The molecule has 7 aromatic rings. The van der Waals surface area contributed by atoms with Gasteiger partial charge in [-0.1, -0.05) is 72.7 Å². The maximum Gasteiger partial charge on any atom is 0.307 e. The van der Waals surface area contributed by atoms with E-state index in [1.807, 2.05) is 42.5 Å². The number of carboxylic acids is 2. The number of nitrogens with two attached hydrogens (primary N) is 3. The molecule has 4 amide bonds. The summed E-state index contributed by atoms with van der Waals surface area (Å²) < 4.78 is 6.90. The van der Waals surface area contributed by atoms with Crippen molar-refractivity contribution < 1.29 is 57.8 Å². The predicted molar refractivity (Wildman–Crippen MR) is 387 cm³/mol. The number of alkyl halides is 1. The van der Waals surface area contributed by atoms with E-state index in [4.69, 9.17) is 33.2 Å². The van der Waals surface area contributed by atoms with Crippen LogP contribution in [-0.2, 0) is 46.5 Å². The Balaban J connectivity index is 0.778. The predicted octanol–water partition coefficient (Wildman–Crippen LogP) is 7.76. The third-order valence-electron chi connectivity index (χ3n) is 17.4. The lowest BCUT2D eigenvalue weighted by atomic mass is 9.92. The van der Waals surface area contributed by atoms with Crippen LogP contribution in [0.4, 0.5) is 17.3 Å². The first-order valence-electron chi connectivity index (χ1n) is 32.3. The van der Waals surface area contributed by atoms with Crippen LogP contribution < -0.4 is 53.4 Å². The van der Waals surface area contributed by atoms with E-state index in [1.165, 1.54) is 23.9 Å². The maximum absolute atomic E-state index is 14.5. The van der Waals surface area contributed by atoms with Gasteiger partial charge in [0.1, 0.15) is 17.2 Å². The molecular formula is C68H83ClN14O13S2Si. The number of Topliss-reactive ketones (excluding diaryl/α,β-unsaturated/α-hetero) is 3. The van der Waals surface area contributed by atoms with Crippen molar-refractivity contribution in [2.75, 3.05) is 53.0 Å². The van der Waals surface area contributed by atoms with Crippen molar-refractivity contribution in [1.29, 1.82) is 0 Å². The molecule has 4 aromatic carbocycles. The number of nitrogen functional groups attached to an aromatic ring is 1. The fourth-order valence-electron chi connectivity index (χ4n) is 11.0. The molecule has 1 aliphatic rings. The van der Waals surface area contributed by atoms with Gasteiger partial charge in [-0.25, -0.2) is 9.97 Å². The van der Waals surface area contributed by atoms with Gasteiger partial charge in [0.15, 0.2) is 28.7 Å². The quantitative estimate of drug-likeness (QED) is 0.00446. The number of aromatic nitrogens is 5. The minimum atomic E-state index is -2.28. The van der Waals surface area contributed by atoms with Gasteiger partial charge in [0, 0.05) is 115 Å². The number of carbonyl (C=O) groups is 9. The molecule has 1 aliphatic heterocycles. The van der Waals surface area contributed by atoms with Crippen molar-refractivity contribution in [2.45, 2.75) is 128 Å². The largest absolute Gasteiger partial charge is 0.543 e. The summed E-state index contributed by atoms with van der Waals surface area (Å²) in [5, 5.41) is 33.6. The fourth-order valence-corrected chi connectivity index (χ4v) is 14.6. The zero-order valence-corrected chi connectivity index (χ0v) is 59.2. The highest BCUT2D eigenvalue weighted by Crippen LogP contribution is 2.48. The van der Waals surface area contributed by atoms with Crippen molar-refractivity contribution in [3.05, 3.63) is 123 Å². The summed E-state index contributed by atoms with van der Waals surface area (Å²) in [6.45, 7) is 13.1. The number of guanidine groups is 1. The van der Waals surface area contributed by atoms with Gasteiger partial charge in [0.05, 0.1) is 48.5 Å². The molecule has 0 saturated heterocycles. The van der Waals surface area contributed by atoms with Crippen LogP contribution >= 0.6 is 33.2 Å². The number of nitrogens with one attached hydrogen (secondary N) is 6. The summed E-state index contributed by atoms with van der Waals surface area (Å²) in [6.07, 6.45) is 0.0336. The first kappa shape index (κ1) is 75.4. The molecule has 27 nitrogen and oxygen atoms in total. The van der Waals surface area contributed by atoms with E-state index in [9.17, 15) is 58.2 Å². The van der Waals surface area contributed by atoms with Gasteiger partial charge in [-0.2, -0.15) is 4.98 Å². The second-order valence-electron chi connectivity index (χ2n) is 25.9. The summed E-state index contributed by atoms with van der Waals surface area (Å²) in [5.41, 5.74) is 21.2. The van der Waals surface area contributed by atoms with Crippen LogP contribution in [0, 0.1) is 11.8 Å². The summed E-state index contributed by atoms with van der Waals surface area (Å²) in [6, 6.07) is 21.1. The van der Waals surface area contributed by atoms with Crippen LogP contribution in [-0.4, -0.2) is 151 Å². The van der Waals surface area contributed by atoms with E-state index in [0.29, 0.717) is 46.3 Å². The second kappa shape index (κ2) is 33.9. The third-order valence-corrected chi connectivity index (χ3v) is 24.6. The van der Waals surface area contributed by atoms with Crippen molar-refractivity contribution in [1.82, 2.24) is 40.9 Å². The Labute approximate surface area is 584 Å². The molecule has 8 rings (SSSR count). The minimum Gasteiger partial charge on any atom is -0.543 e. The Morgan fingerprint density at radius 2 is 1.60 bits per heavy atom. The Morgan fingerprint density at radius 3 is 2.29 bits per heavy atom. The van der Waals surface area contributed by atoms with Crippen molar-refractivity contribution in [2.24, 2.45) is 28.3 Å². The van der Waals surface area contributed by atoms with E-state index in [-0.39, 0.29) is 110 Å². The molecule has 1 unspecified atom stereocenters. The van der Waals surface area contributed by atoms with Gasteiger partial charge in [-0.15, -0.1) is 11.6 Å². The fraction of sp³-hybridized carbons (Fsp3) is 0.412. The molecule has 0 spiro atoms. The summed E-state index contributed by atoms with van der Waals surface area (Å²) in [7, 11) is 0.0764. The number of hydrogen-bond acceptors (Lipinski definition) is 19. The average Bonchev–Trinajstić information content (AvgIpc) is 1.64. The number of ketones is 3. The van der Waals surface area contributed by atoms with Gasteiger partial charge < -0.3 is 63.0 Å². The highest BCUT2D eigenvalue weighted by molar-refractivity contribution is 8.76. The number of amides is 4. The van der Waals surface area contributed by atoms with Gasteiger partial charge in [-0.3, -0.25) is 57.9 Å². The van der Waals surface area contributed by atoms with Gasteiger partial charge in [0.2, 0.25) is 17.8 Å². The zero-order chi connectivity index (χ0) is 71.9. The SMILES string of the molecule is C[C@H](NC(=O)CCCNC(=O)c1ccc(NCc2cnc3nc(N)[nH]c(=O)c3n2)cc1)C(=O)C[C@@H](CCCN=C(N)N)C(=O)N[C@@H](CC(=O)O)C(=O)C[C@@H](CSSCCC(=O)Cc1ccc2[nH]c(C(=O)N3CC(CCl)c4c3cc(O[Si](C)(C)C(C)(C)C)c3ccccc43)cc2c1)C(=O)O. The van der Waals surface area contributed by atoms with Crippen molar-refractivity contribution in [3.8, 4) is 5.75 Å². The lowest BCUT2D eigenvalue weighted by Crippen LogP contribution is -2.47. The molecule has 0 radical (unpaired) electrons. The topological polar surface area (TPSA) is 432 Å². The number of fused-ring (bicyclic) bond motifs is 5. The maximum atomic E-state index is 14.5. The number of rotatable bonds is 36. The molecule has 14 N–H and O–H groups in total. The lowest BCUT2D eigenvalue weighted by molar-refractivity contribution is -0.144. The molecule has 4 heterocycles. The summed E-state index contributed by atoms with van der Waals surface area (Å²) >= 11 is 6.60. The van der Waals surface area contributed by atoms with Crippen LogP contribution in [0.2, 0.25) is 18.1 Å². The molecule has 31 heteroatoms. The van der Waals surface area contributed by atoms with Gasteiger partial charge in [-0.05, 0) is 103 Å². The lowest BCUT2D eigenvalue weighted by Gasteiger charge is -2.37. The number of benzene rings is 4. The molecule has 5 atom stereocenters. The molecule has 0 aliphatic carbocycles. The standard InChI is InChI=1S/C68H83ClN14O13S2Si/c1-37(77-56(87)14-10-22-73-61(90)39-16-18-44(19-17-39)75-33-45-34-76-60-59(78-45)63(92)82-67(72)81-60)53(85)28-40(11-9-23-74-66(70)71)62(91)80-50(30-57(88)89)54(86)29-42(65(94)95)36-98-97-24-21-46(84)26-38-15-20-49-41(25-38)27-51(79-49)64(93)83-35-43(32-69)58-48-13-8-7-12-47(48)55(31-52(58)83)96-99(5,6)68(2,3)4/h7-8,12-13,15-20,25,27,31,34,37,40,42-43,50,75,79H,9-11,14,21-24,26,28-30,32-33,35-36H2,1-6H3,(H,73,90)(H,77,87)(H,80,91)(H,88,89)(H,94,95)(H4,70,71,74)(H3,72,76,81,82,92)/t37-,40+,42-,43?,50-/m0/s1.